The summed E-state index contributed by atoms with van der Waals surface area (Å²) < 4.78 is 13.5. The average Bonchev–Trinajstić information content (AvgIpc) is 3.30. The van der Waals surface area contributed by atoms with Crippen LogP contribution in [0.2, 0.25) is 0 Å². The molecule has 1 saturated heterocycles. The normalized spacial score (nSPS) is 16.0. The van der Waals surface area contributed by atoms with Gasteiger partial charge in [-0.05, 0) is 42.7 Å². The summed E-state index contributed by atoms with van der Waals surface area (Å²) >= 11 is 0. The largest absolute Gasteiger partial charge is 0.490 e. The molecule has 0 N–H and O–H groups in total. The van der Waals surface area contributed by atoms with Crippen LogP contribution in [-0.2, 0) is 0 Å². The topological polar surface area (TPSA) is 69.5 Å². The van der Waals surface area contributed by atoms with E-state index < -0.39 is 0 Å². The molecule has 1 fully saturated rings. The Morgan fingerprint density at radius 3 is 2.36 bits per heavy atom. The van der Waals surface area contributed by atoms with Crippen LogP contribution in [-0.4, -0.2) is 46.2 Å². The summed E-state index contributed by atoms with van der Waals surface area (Å²) in [5.74, 6) is 1.97. The van der Waals surface area contributed by atoms with Crippen molar-refractivity contribution in [1.82, 2.24) is 14.5 Å². The van der Waals surface area contributed by atoms with Crippen LogP contribution in [0.25, 0.3) is 10.8 Å². The maximum absolute atomic E-state index is 12.9. The van der Waals surface area contributed by atoms with Crippen LogP contribution in [0.4, 0.5) is 5.95 Å². The minimum Gasteiger partial charge on any atom is -0.490 e. The number of aromatic nitrogens is 3. The predicted molar refractivity (Wildman–Crippen MR) is 127 cm³/mol. The lowest BCUT2D eigenvalue weighted by molar-refractivity contribution is 0.0960. The molecule has 5 rings (SSSR count). The van der Waals surface area contributed by atoms with E-state index in [0.29, 0.717) is 24.7 Å². The van der Waals surface area contributed by atoms with Crippen molar-refractivity contribution < 1.29 is 14.3 Å². The summed E-state index contributed by atoms with van der Waals surface area (Å²) in [6.45, 7) is 4.08. The van der Waals surface area contributed by atoms with Gasteiger partial charge in [0.05, 0.1) is 18.7 Å². The van der Waals surface area contributed by atoms with Crippen LogP contribution >= 0.6 is 0 Å². The predicted octanol–water partition coefficient (Wildman–Crippen LogP) is 4.57. The minimum absolute atomic E-state index is 0.0116. The third-order valence-corrected chi connectivity index (χ3v) is 5.78. The fraction of sp³-hybridized carbons (Fsp3) is 0.269. The summed E-state index contributed by atoms with van der Waals surface area (Å²) in [7, 11) is 0. The zero-order valence-electron chi connectivity index (χ0n) is 18.6. The van der Waals surface area contributed by atoms with Gasteiger partial charge in [0, 0.05) is 31.3 Å². The van der Waals surface area contributed by atoms with Crippen LogP contribution in [0.15, 0.2) is 73.3 Å². The van der Waals surface area contributed by atoms with E-state index in [4.69, 9.17) is 9.47 Å². The number of carbonyl (C=O) groups is 1. The summed E-state index contributed by atoms with van der Waals surface area (Å²) in [5, 5.41) is 2.04. The Morgan fingerprint density at radius 1 is 1.00 bits per heavy atom. The number of benzene rings is 2. The fourth-order valence-corrected chi connectivity index (χ4v) is 4.16. The second-order valence-corrected chi connectivity index (χ2v) is 8.08. The Balaban J connectivity index is 1.27. The molecule has 168 valence electrons. The number of fused-ring (bicyclic) bond motifs is 1. The Labute approximate surface area is 192 Å². The van der Waals surface area contributed by atoms with Crippen molar-refractivity contribution in [2.24, 2.45) is 0 Å². The maximum atomic E-state index is 12.9. The molecule has 0 radical (unpaired) electrons. The van der Waals surface area contributed by atoms with Gasteiger partial charge in [-0.2, -0.15) is 0 Å². The van der Waals surface area contributed by atoms with Gasteiger partial charge >= 0.3 is 0 Å². The van der Waals surface area contributed by atoms with Gasteiger partial charge in [-0.3, -0.25) is 9.36 Å². The lowest BCUT2D eigenvalue weighted by Gasteiger charge is -2.33. The molecular weight excluding hydrogens is 416 g/mol. The smallest absolute Gasteiger partial charge is 0.265 e. The van der Waals surface area contributed by atoms with E-state index >= 15 is 0 Å². The summed E-state index contributed by atoms with van der Waals surface area (Å²) in [4.78, 5) is 24.0. The zero-order valence-corrected chi connectivity index (χ0v) is 18.6. The molecule has 4 aromatic rings. The molecule has 0 amide bonds. The van der Waals surface area contributed by atoms with Gasteiger partial charge in [-0.15, -0.1) is 0 Å². The Morgan fingerprint density at radius 2 is 1.67 bits per heavy atom. The number of hydrogen-bond acceptors (Lipinski definition) is 6. The van der Waals surface area contributed by atoms with E-state index in [9.17, 15) is 4.79 Å². The second kappa shape index (κ2) is 9.32. The highest BCUT2D eigenvalue weighted by atomic mass is 16.5. The first-order chi connectivity index (χ1) is 16.2. The number of piperidine rings is 1. The Hall–Kier alpha value is -3.87. The average molecular weight is 443 g/mol. The van der Waals surface area contributed by atoms with Crippen molar-refractivity contribution in [2.45, 2.75) is 25.9 Å². The molecule has 0 bridgehead atoms. The molecule has 0 aliphatic carbocycles. The highest BCUT2D eigenvalue weighted by molar-refractivity contribution is 5.98. The molecule has 2 aromatic carbocycles. The molecule has 0 saturated carbocycles. The first-order valence-electron chi connectivity index (χ1n) is 11.3. The standard InChI is InChI=1S/C26H26N4O3/c1-2-32-23-11-5-6-12-24(23)33-22-10-7-13-29(18-22)26-27-14-21(15-28-26)25(31)30-16-19-8-3-4-9-20(19)17-30/h3-6,8-9,11-12,14-17,22H,2,7,10,13,18H2,1H3/t22-/m1/s1. The van der Waals surface area contributed by atoms with Crippen LogP contribution in [0, 0.1) is 0 Å². The zero-order chi connectivity index (χ0) is 22.6. The molecule has 0 unspecified atom stereocenters. The number of nitrogens with zero attached hydrogens (tertiary/aromatic N) is 4. The number of ether oxygens (including phenoxy) is 2. The van der Waals surface area contributed by atoms with Gasteiger partial charge in [0.25, 0.3) is 5.91 Å². The molecule has 1 aliphatic rings. The van der Waals surface area contributed by atoms with Gasteiger partial charge in [0.2, 0.25) is 5.95 Å². The van der Waals surface area contributed by atoms with E-state index in [1.165, 1.54) is 0 Å². The van der Waals surface area contributed by atoms with Gasteiger partial charge in [-0.25, -0.2) is 9.97 Å². The molecule has 3 heterocycles. The van der Waals surface area contributed by atoms with E-state index in [1.807, 2.05) is 67.8 Å². The van der Waals surface area contributed by atoms with Gasteiger partial charge < -0.3 is 14.4 Å². The molecule has 7 nitrogen and oxygen atoms in total. The summed E-state index contributed by atoms with van der Waals surface area (Å²) in [6, 6.07) is 15.6. The quantitative estimate of drug-likeness (QED) is 0.436. The van der Waals surface area contributed by atoms with Gasteiger partial charge in [-0.1, -0.05) is 36.4 Å². The molecule has 0 spiro atoms. The van der Waals surface area contributed by atoms with Crippen LogP contribution in [0.3, 0.4) is 0 Å². The molecule has 7 heteroatoms. The molecular formula is C26H26N4O3. The van der Waals surface area contributed by atoms with Gasteiger partial charge in [0.15, 0.2) is 11.5 Å². The second-order valence-electron chi connectivity index (χ2n) is 8.08. The van der Waals surface area contributed by atoms with Crippen molar-refractivity contribution in [2.75, 3.05) is 24.6 Å². The summed E-state index contributed by atoms with van der Waals surface area (Å²) in [5.41, 5.74) is 0.453. The number of anilines is 1. The number of para-hydroxylation sites is 2. The number of carbonyl (C=O) groups excluding carboxylic acids is 1. The highest BCUT2D eigenvalue weighted by Crippen LogP contribution is 2.29. The Bertz CT molecular complexity index is 1220. The van der Waals surface area contributed by atoms with Crippen molar-refractivity contribution in [3.05, 3.63) is 78.9 Å². The lowest BCUT2D eigenvalue weighted by atomic mass is 10.1. The van der Waals surface area contributed by atoms with E-state index in [0.717, 1.165) is 41.7 Å². The first-order valence-corrected chi connectivity index (χ1v) is 11.3. The monoisotopic (exact) mass is 442 g/mol. The molecule has 33 heavy (non-hydrogen) atoms. The third-order valence-electron chi connectivity index (χ3n) is 5.78. The van der Waals surface area contributed by atoms with Crippen molar-refractivity contribution >= 4 is 22.6 Å². The van der Waals surface area contributed by atoms with Crippen molar-refractivity contribution in [3.8, 4) is 11.5 Å². The molecule has 2 aromatic heterocycles. The third kappa shape index (κ3) is 4.53. The van der Waals surface area contributed by atoms with Crippen molar-refractivity contribution in [1.29, 1.82) is 0 Å². The first kappa shape index (κ1) is 21.0. The number of hydrogen-bond donors (Lipinski definition) is 0. The van der Waals surface area contributed by atoms with Gasteiger partial charge in [0.1, 0.15) is 6.10 Å². The highest BCUT2D eigenvalue weighted by Gasteiger charge is 2.24. The van der Waals surface area contributed by atoms with E-state index in [2.05, 4.69) is 14.9 Å². The fourth-order valence-electron chi connectivity index (χ4n) is 4.16. The molecule has 1 aliphatic heterocycles. The summed E-state index contributed by atoms with van der Waals surface area (Å²) in [6.07, 6.45) is 8.80. The lowest BCUT2D eigenvalue weighted by Crippen LogP contribution is -2.42. The number of rotatable bonds is 6. The van der Waals surface area contributed by atoms with E-state index in [-0.39, 0.29) is 12.0 Å². The SMILES string of the molecule is CCOc1ccccc1O[C@@H]1CCCN(c2ncc(C(=O)n3cc4ccccc4c3)cn2)C1. The van der Waals surface area contributed by atoms with Crippen LogP contribution < -0.4 is 14.4 Å². The van der Waals surface area contributed by atoms with E-state index in [1.54, 1.807) is 17.0 Å². The minimum atomic E-state index is -0.148. The van der Waals surface area contributed by atoms with Crippen LogP contribution in [0.5, 0.6) is 11.5 Å². The molecule has 1 atom stereocenters. The maximum Gasteiger partial charge on any atom is 0.265 e. The van der Waals surface area contributed by atoms with Crippen molar-refractivity contribution in [3.63, 3.8) is 0 Å². The van der Waals surface area contributed by atoms with Crippen LogP contribution in [0.1, 0.15) is 30.1 Å². The Kier molecular flexibility index (Phi) is 5.93.